The van der Waals surface area contributed by atoms with Crippen molar-refractivity contribution in [1.29, 1.82) is 0 Å². The molecule has 0 spiro atoms. The highest BCUT2D eigenvalue weighted by atomic mass is 32.1. The highest BCUT2D eigenvalue weighted by Crippen LogP contribution is 2.21. The summed E-state index contributed by atoms with van der Waals surface area (Å²) in [5.74, 6) is 0.525. The van der Waals surface area contributed by atoms with Crippen LogP contribution in [0, 0.1) is 0 Å². The number of carbonyl (C=O) groups excluding carboxylic acids is 1. The monoisotopic (exact) mass is 423 g/mol. The Bertz CT molecular complexity index is 954. The van der Waals surface area contributed by atoms with Gasteiger partial charge in [-0.1, -0.05) is 18.2 Å². The van der Waals surface area contributed by atoms with Crippen molar-refractivity contribution in [3.8, 4) is 5.75 Å². The van der Waals surface area contributed by atoms with Crippen molar-refractivity contribution in [2.75, 3.05) is 31.2 Å². The zero-order chi connectivity index (χ0) is 20.8. The number of benzene rings is 2. The molecule has 0 saturated carbocycles. The van der Waals surface area contributed by atoms with Gasteiger partial charge in [-0.3, -0.25) is 4.79 Å². The van der Waals surface area contributed by atoms with Gasteiger partial charge in [0.1, 0.15) is 12.4 Å². The van der Waals surface area contributed by atoms with Crippen LogP contribution in [-0.2, 0) is 11.3 Å². The Morgan fingerprint density at radius 2 is 2.03 bits per heavy atom. The van der Waals surface area contributed by atoms with Gasteiger partial charge in [-0.05, 0) is 42.8 Å². The van der Waals surface area contributed by atoms with Crippen LogP contribution in [0.15, 0.2) is 59.4 Å². The van der Waals surface area contributed by atoms with E-state index in [2.05, 4.69) is 39.5 Å². The standard InChI is InChI=1S/C23H25N3O3S/c1-17(18-5-7-21(8-6-18)26-9-11-28-12-10-26)25-23(27)19-3-2-4-22(13-19)29-14-20-15-30-16-24-20/h2-8,13,15-17H,9-12,14H2,1H3,(H,25,27). The summed E-state index contributed by atoms with van der Waals surface area (Å²) < 4.78 is 11.2. The minimum absolute atomic E-state index is 0.101. The van der Waals surface area contributed by atoms with E-state index in [9.17, 15) is 4.79 Å². The van der Waals surface area contributed by atoms with Crippen molar-refractivity contribution < 1.29 is 14.3 Å². The maximum atomic E-state index is 12.7. The molecule has 1 aliphatic heterocycles. The maximum absolute atomic E-state index is 12.7. The molecule has 0 bridgehead atoms. The van der Waals surface area contributed by atoms with Gasteiger partial charge in [-0.2, -0.15) is 0 Å². The first kappa shape index (κ1) is 20.4. The molecular formula is C23H25N3O3S. The van der Waals surface area contributed by atoms with Crippen LogP contribution in [-0.4, -0.2) is 37.2 Å². The van der Waals surface area contributed by atoms with Gasteiger partial charge < -0.3 is 19.7 Å². The van der Waals surface area contributed by atoms with Crippen molar-refractivity contribution in [1.82, 2.24) is 10.3 Å². The highest BCUT2D eigenvalue weighted by Gasteiger charge is 2.14. The fourth-order valence-corrected chi connectivity index (χ4v) is 3.89. The largest absolute Gasteiger partial charge is 0.487 e. The van der Waals surface area contributed by atoms with Crippen molar-refractivity contribution >= 4 is 22.9 Å². The molecule has 30 heavy (non-hydrogen) atoms. The molecule has 1 amide bonds. The van der Waals surface area contributed by atoms with Crippen LogP contribution in [0.25, 0.3) is 0 Å². The molecule has 1 N–H and O–H groups in total. The second-order valence-electron chi connectivity index (χ2n) is 7.18. The van der Waals surface area contributed by atoms with Gasteiger partial charge >= 0.3 is 0 Å². The Hall–Kier alpha value is -2.90. The number of hydrogen-bond donors (Lipinski definition) is 1. The second-order valence-corrected chi connectivity index (χ2v) is 7.90. The smallest absolute Gasteiger partial charge is 0.251 e. The van der Waals surface area contributed by atoms with Crippen molar-refractivity contribution in [3.05, 3.63) is 76.2 Å². The molecule has 0 radical (unpaired) electrons. The normalized spacial score (nSPS) is 14.9. The predicted octanol–water partition coefficient (Wildman–Crippen LogP) is 4.05. The summed E-state index contributed by atoms with van der Waals surface area (Å²) in [6, 6.07) is 15.5. The van der Waals surface area contributed by atoms with Crippen LogP contribution in [0.5, 0.6) is 5.75 Å². The third kappa shape index (κ3) is 5.17. The lowest BCUT2D eigenvalue weighted by Gasteiger charge is -2.29. The van der Waals surface area contributed by atoms with E-state index in [1.165, 1.54) is 17.0 Å². The number of ether oxygens (including phenoxy) is 2. The van der Waals surface area contributed by atoms with E-state index in [0.717, 1.165) is 37.6 Å². The van der Waals surface area contributed by atoms with Crippen LogP contribution in [0.3, 0.4) is 0 Å². The van der Waals surface area contributed by atoms with Gasteiger partial charge in [0, 0.05) is 29.7 Å². The molecule has 1 aromatic heterocycles. The first-order valence-corrected chi connectivity index (χ1v) is 11.0. The molecular weight excluding hydrogens is 398 g/mol. The van der Waals surface area contributed by atoms with Crippen LogP contribution in [0.2, 0.25) is 0 Å². The van der Waals surface area contributed by atoms with E-state index in [4.69, 9.17) is 9.47 Å². The summed E-state index contributed by atoms with van der Waals surface area (Å²) in [4.78, 5) is 19.2. The third-order valence-electron chi connectivity index (χ3n) is 5.08. The van der Waals surface area contributed by atoms with E-state index >= 15 is 0 Å². The Balaban J connectivity index is 1.35. The number of nitrogens with zero attached hydrogens (tertiary/aromatic N) is 2. The van der Waals surface area contributed by atoms with Gasteiger partial charge in [0.05, 0.1) is 30.5 Å². The topological polar surface area (TPSA) is 63.7 Å². The molecule has 1 saturated heterocycles. The number of morpholine rings is 1. The molecule has 4 rings (SSSR count). The maximum Gasteiger partial charge on any atom is 0.251 e. The summed E-state index contributed by atoms with van der Waals surface area (Å²) in [6.45, 7) is 5.73. The number of rotatable bonds is 7. The molecule has 2 aromatic carbocycles. The lowest BCUT2D eigenvalue weighted by molar-refractivity contribution is 0.0939. The van der Waals surface area contributed by atoms with E-state index in [-0.39, 0.29) is 11.9 Å². The highest BCUT2D eigenvalue weighted by molar-refractivity contribution is 7.07. The molecule has 1 atom stereocenters. The first-order chi connectivity index (χ1) is 14.7. The van der Waals surface area contributed by atoms with Gasteiger partial charge in [-0.15, -0.1) is 11.3 Å². The third-order valence-corrected chi connectivity index (χ3v) is 5.72. The van der Waals surface area contributed by atoms with E-state index in [1.54, 1.807) is 17.6 Å². The lowest BCUT2D eigenvalue weighted by atomic mass is 10.1. The lowest BCUT2D eigenvalue weighted by Crippen LogP contribution is -2.36. The van der Waals surface area contributed by atoms with Crippen molar-refractivity contribution in [3.63, 3.8) is 0 Å². The predicted molar refractivity (Wildman–Crippen MR) is 118 cm³/mol. The number of anilines is 1. The zero-order valence-corrected chi connectivity index (χ0v) is 17.7. The molecule has 2 heterocycles. The van der Waals surface area contributed by atoms with Crippen LogP contribution in [0.1, 0.15) is 34.6 Å². The molecule has 1 fully saturated rings. The Labute approximate surface area is 180 Å². The second kappa shape index (κ2) is 9.73. The number of hydrogen-bond acceptors (Lipinski definition) is 6. The average Bonchev–Trinajstić information content (AvgIpc) is 3.32. The molecule has 1 unspecified atom stereocenters. The van der Waals surface area contributed by atoms with Crippen molar-refractivity contribution in [2.24, 2.45) is 0 Å². The molecule has 3 aromatic rings. The number of nitrogens with one attached hydrogen (secondary N) is 1. The van der Waals surface area contributed by atoms with E-state index in [1.807, 2.05) is 24.4 Å². The number of aromatic nitrogens is 1. The van der Waals surface area contributed by atoms with E-state index < -0.39 is 0 Å². The minimum Gasteiger partial charge on any atom is -0.487 e. The van der Waals surface area contributed by atoms with Gasteiger partial charge in [0.25, 0.3) is 5.91 Å². The number of carbonyl (C=O) groups is 1. The summed E-state index contributed by atoms with van der Waals surface area (Å²) in [6.07, 6.45) is 0. The molecule has 1 aliphatic rings. The molecule has 156 valence electrons. The summed E-state index contributed by atoms with van der Waals surface area (Å²) in [5, 5.41) is 5.02. The SMILES string of the molecule is CC(NC(=O)c1cccc(OCc2cscn2)c1)c1ccc(N2CCOCC2)cc1. The van der Waals surface area contributed by atoms with Crippen LogP contribution < -0.4 is 15.0 Å². The molecule has 6 nitrogen and oxygen atoms in total. The summed E-state index contributed by atoms with van der Waals surface area (Å²) >= 11 is 1.53. The van der Waals surface area contributed by atoms with Crippen LogP contribution >= 0.6 is 11.3 Å². The minimum atomic E-state index is -0.126. The average molecular weight is 424 g/mol. The fraction of sp³-hybridized carbons (Fsp3) is 0.304. The molecule has 7 heteroatoms. The van der Waals surface area contributed by atoms with Crippen molar-refractivity contribution in [2.45, 2.75) is 19.6 Å². The molecule has 0 aliphatic carbocycles. The number of thiazole rings is 1. The summed E-state index contributed by atoms with van der Waals surface area (Å²) in [7, 11) is 0. The van der Waals surface area contributed by atoms with Crippen LogP contribution in [0.4, 0.5) is 5.69 Å². The van der Waals surface area contributed by atoms with Gasteiger partial charge in [0.2, 0.25) is 0 Å². The summed E-state index contributed by atoms with van der Waals surface area (Å²) in [5.41, 5.74) is 5.48. The van der Waals surface area contributed by atoms with Gasteiger partial charge in [0.15, 0.2) is 0 Å². The first-order valence-electron chi connectivity index (χ1n) is 10.0. The Kier molecular flexibility index (Phi) is 6.61. The zero-order valence-electron chi connectivity index (χ0n) is 16.9. The fourth-order valence-electron chi connectivity index (χ4n) is 3.35. The number of amides is 1. The Morgan fingerprint density at radius 3 is 2.77 bits per heavy atom. The van der Waals surface area contributed by atoms with E-state index in [0.29, 0.717) is 17.9 Å². The van der Waals surface area contributed by atoms with Gasteiger partial charge in [-0.25, -0.2) is 4.98 Å². The Morgan fingerprint density at radius 1 is 1.23 bits per heavy atom. The quantitative estimate of drug-likeness (QED) is 0.621.